The van der Waals surface area contributed by atoms with E-state index in [2.05, 4.69) is 25.7 Å². The maximum atomic E-state index is 6.08. The van der Waals surface area contributed by atoms with Crippen LogP contribution in [0.15, 0.2) is 35.6 Å². The van der Waals surface area contributed by atoms with E-state index in [1.165, 1.54) is 12.8 Å². The molecule has 0 saturated heterocycles. The van der Waals surface area contributed by atoms with Crippen LogP contribution in [0.3, 0.4) is 0 Å². The van der Waals surface area contributed by atoms with Crippen molar-refractivity contribution in [1.82, 2.24) is 25.4 Å². The Morgan fingerprint density at radius 1 is 1.23 bits per heavy atom. The normalized spacial score (nSPS) is 14.8. The van der Waals surface area contributed by atoms with Crippen LogP contribution in [0.4, 0.5) is 0 Å². The Morgan fingerprint density at radius 2 is 2.00 bits per heavy atom. The lowest BCUT2D eigenvalue weighted by atomic mass is 10.2. The molecule has 2 heterocycles. The third-order valence-electron chi connectivity index (χ3n) is 4.46. The molecule has 0 aliphatic heterocycles. The van der Waals surface area contributed by atoms with Gasteiger partial charge in [0.25, 0.3) is 0 Å². The topological polar surface area (TPSA) is 76.4 Å². The Kier molecular flexibility index (Phi) is 8.14. The van der Waals surface area contributed by atoms with E-state index in [1.807, 2.05) is 29.9 Å². The fourth-order valence-corrected chi connectivity index (χ4v) is 2.98. The van der Waals surface area contributed by atoms with Gasteiger partial charge in [-0.15, -0.1) is 24.0 Å². The number of nitrogens with zero attached hydrogens (tertiary/aromatic N) is 4. The van der Waals surface area contributed by atoms with Gasteiger partial charge in [0.2, 0.25) is 5.88 Å². The van der Waals surface area contributed by atoms with Crippen LogP contribution in [0.1, 0.15) is 36.9 Å². The SMILES string of the molecule is CN=C(NCc1cccnc1OC1CCCC1)NCc1ccnn1C.I. The lowest BCUT2D eigenvalue weighted by Gasteiger charge is -2.16. The molecule has 8 heteroatoms. The first-order valence-corrected chi connectivity index (χ1v) is 8.78. The number of aryl methyl sites for hydroxylation is 1. The summed E-state index contributed by atoms with van der Waals surface area (Å²) in [5.74, 6) is 1.46. The molecule has 0 spiro atoms. The first kappa shape index (κ1) is 20.5. The number of aliphatic imine (C=N–C) groups is 1. The molecule has 2 aromatic rings. The third-order valence-corrected chi connectivity index (χ3v) is 4.46. The molecule has 26 heavy (non-hydrogen) atoms. The number of hydrogen-bond acceptors (Lipinski definition) is 4. The van der Waals surface area contributed by atoms with Gasteiger partial charge in [-0.3, -0.25) is 9.67 Å². The van der Waals surface area contributed by atoms with Crippen LogP contribution in [-0.4, -0.2) is 33.9 Å². The Morgan fingerprint density at radius 3 is 2.69 bits per heavy atom. The highest BCUT2D eigenvalue weighted by atomic mass is 127. The molecule has 7 nitrogen and oxygen atoms in total. The van der Waals surface area contributed by atoms with Gasteiger partial charge in [-0.1, -0.05) is 6.07 Å². The fraction of sp³-hybridized carbons (Fsp3) is 0.500. The molecule has 142 valence electrons. The summed E-state index contributed by atoms with van der Waals surface area (Å²) in [6, 6.07) is 5.96. The summed E-state index contributed by atoms with van der Waals surface area (Å²) in [5.41, 5.74) is 2.13. The molecular formula is C18H27IN6O. The number of guanidine groups is 1. The minimum Gasteiger partial charge on any atom is -0.474 e. The molecular weight excluding hydrogens is 443 g/mol. The van der Waals surface area contributed by atoms with Crippen molar-refractivity contribution in [1.29, 1.82) is 0 Å². The molecule has 0 radical (unpaired) electrons. The summed E-state index contributed by atoms with van der Waals surface area (Å²) in [6.45, 7) is 1.27. The van der Waals surface area contributed by atoms with Gasteiger partial charge in [-0.2, -0.15) is 5.10 Å². The van der Waals surface area contributed by atoms with Gasteiger partial charge in [0.15, 0.2) is 5.96 Å². The molecule has 0 atom stereocenters. The summed E-state index contributed by atoms with van der Waals surface area (Å²) in [5, 5.41) is 10.8. The molecule has 1 aliphatic rings. The van der Waals surface area contributed by atoms with Crippen molar-refractivity contribution in [3.63, 3.8) is 0 Å². The molecule has 0 unspecified atom stereocenters. The minimum absolute atomic E-state index is 0. The molecule has 0 aromatic carbocycles. The van der Waals surface area contributed by atoms with E-state index in [4.69, 9.17) is 4.74 Å². The van der Waals surface area contributed by atoms with E-state index in [0.717, 1.165) is 35.9 Å². The van der Waals surface area contributed by atoms with E-state index in [-0.39, 0.29) is 24.0 Å². The lowest BCUT2D eigenvalue weighted by Crippen LogP contribution is -2.36. The van der Waals surface area contributed by atoms with Crippen LogP contribution in [0.25, 0.3) is 0 Å². The van der Waals surface area contributed by atoms with Gasteiger partial charge in [0.05, 0.1) is 12.2 Å². The van der Waals surface area contributed by atoms with Crippen LogP contribution in [0.2, 0.25) is 0 Å². The van der Waals surface area contributed by atoms with E-state index >= 15 is 0 Å². The van der Waals surface area contributed by atoms with E-state index in [1.54, 1.807) is 19.4 Å². The Balaban J connectivity index is 0.00000243. The largest absolute Gasteiger partial charge is 0.474 e. The van der Waals surface area contributed by atoms with Gasteiger partial charge in [-0.05, 0) is 37.8 Å². The number of pyridine rings is 1. The number of hydrogen-bond donors (Lipinski definition) is 2. The fourth-order valence-electron chi connectivity index (χ4n) is 2.98. The van der Waals surface area contributed by atoms with Crippen molar-refractivity contribution in [2.75, 3.05) is 7.05 Å². The summed E-state index contributed by atoms with van der Waals surface area (Å²) >= 11 is 0. The van der Waals surface area contributed by atoms with Crippen molar-refractivity contribution < 1.29 is 4.74 Å². The van der Waals surface area contributed by atoms with Crippen molar-refractivity contribution in [2.24, 2.45) is 12.0 Å². The summed E-state index contributed by atoms with van der Waals surface area (Å²) in [6.07, 6.45) is 8.61. The molecule has 2 N–H and O–H groups in total. The highest BCUT2D eigenvalue weighted by Gasteiger charge is 2.18. The predicted molar refractivity (Wildman–Crippen MR) is 113 cm³/mol. The Labute approximate surface area is 171 Å². The average molecular weight is 470 g/mol. The number of ether oxygens (including phenoxy) is 1. The summed E-state index contributed by atoms with van der Waals surface area (Å²) < 4.78 is 7.93. The van der Waals surface area contributed by atoms with Crippen LogP contribution in [0.5, 0.6) is 5.88 Å². The summed E-state index contributed by atoms with van der Waals surface area (Å²) in [4.78, 5) is 8.68. The first-order valence-electron chi connectivity index (χ1n) is 8.78. The van der Waals surface area contributed by atoms with Gasteiger partial charge in [0, 0.05) is 38.6 Å². The molecule has 1 fully saturated rings. The standard InChI is InChI=1S/C18H26N6O.HI/c1-19-18(22-13-15-9-11-23-24(15)2)21-12-14-6-5-10-20-17(14)25-16-7-3-4-8-16;/h5-6,9-11,16H,3-4,7-8,12-13H2,1-2H3,(H2,19,21,22);1H. The smallest absolute Gasteiger partial charge is 0.218 e. The average Bonchev–Trinajstić information content (AvgIpc) is 3.28. The molecule has 3 rings (SSSR count). The second kappa shape index (κ2) is 10.3. The molecule has 1 aliphatic carbocycles. The first-order chi connectivity index (χ1) is 12.3. The monoisotopic (exact) mass is 470 g/mol. The Bertz CT molecular complexity index is 711. The number of halogens is 1. The van der Waals surface area contributed by atoms with Crippen molar-refractivity contribution in [2.45, 2.75) is 44.9 Å². The number of nitrogens with one attached hydrogen (secondary N) is 2. The number of aromatic nitrogens is 3. The zero-order valence-corrected chi connectivity index (χ0v) is 17.6. The van der Waals surface area contributed by atoms with Gasteiger partial charge in [0.1, 0.15) is 6.10 Å². The quantitative estimate of drug-likeness (QED) is 0.386. The van der Waals surface area contributed by atoms with Crippen LogP contribution in [-0.2, 0) is 20.1 Å². The summed E-state index contributed by atoms with van der Waals surface area (Å²) in [7, 11) is 3.69. The van der Waals surface area contributed by atoms with Gasteiger partial charge >= 0.3 is 0 Å². The molecule has 2 aromatic heterocycles. The predicted octanol–water partition coefficient (Wildman–Crippen LogP) is 2.62. The van der Waals surface area contributed by atoms with Crippen molar-refractivity contribution in [3.8, 4) is 5.88 Å². The zero-order valence-electron chi connectivity index (χ0n) is 15.3. The number of rotatable bonds is 6. The third kappa shape index (κ3) is 5.58. The second-order valence-corrected chi connectivity index (χ2v) is 6.22. The maximum absolute atomic E-state index is 6.08. The molecule has 0 amide bonds. The van der Waals surface area contributed by atoms with E-state index in [9.17, 15) is 0 Å². The van der Waals surface area contributed by atoms with Crippen molar-refractivity contribution >= 4 is 29.9 Å². The van der Waals surface area contributed by atoms with Crippen LogP contribution >= 0.6 is 24.0 Å². The van der Waals surface area contributed by atoms with Gasteiger partial charge < -0.3 is 15.4 Å². The maximum Gasteiger partial charge on any atom is 0.218 e. The van der Waals surface area contributed by atoms with Crippen molar-refractivity contribution in [3.05, 3.63) is 41.9 Å². The van der Waals surface area contributed by atoms with E-state index in [0.29, 0.717) is 19.2 Å². The highest BCUT2D eigenvalue weighted by molar-refractivity contribution is 14.0. The minimum atomic E-state index is 0. The highest BCUT2D eigenvalue weighted by Crippen LogP contribution is 2.24. The Hall–Kier alpha value is -1.84. The second-order valence-electron chi connectivity index (χ2n) is 6.22. The van der Waals surface area contributed by atoms with Crippen LogP contribution in [0, 0.1) is 0 Å². The van der Waals surface area contributed by atoms with E-state index < -0.39 is 0 Å². The van der Waals surface area contributed by atoms with Gasteiger partial charge in [-0.25, -0.2) is 4.98 Å². The molecule has 1 saturated carbocycles. The zero-order chi connectivity index (χ0) is 17.5. The lowest BCUT2D eigenvalue weighted by molar-refractivity contribution is 0.199. The van der Waals surface area contributed by atoms with Crippen LogP contribution < -0.4 is 15.4 Å². The molecule has 0 bridgehead atoms.